The monoisotopic (exact) mass is 724 g/mol. The summed E-state index contributed by atoms with van der Waals surface area (Å²) in [5.41, 5.74) is 1.13. The van der Waals surface area contributed by atoms with Gasteiger partial charge in [0, 0.05) is 11.8 Å². The SMILES string of the molecule is CC1OC(OC2OC(CC3CCC4C5=CC(=O)C6C[C@@H](OC7OC(CO)C(O)C(O)C7O)CC[C@]6(C)C5CC[C@]34C)CC[C@H]2C)C(O)C(O)C1O. The van der Waals surface area contributed by atoms with Gasteiger partial charge in [0.2, 0.25) is 0 Å². The zero-order valence-corrected chi connectivity index (χ0v) is 30.3. The molecular weight excluding hydrogens is 664 g/mol. The van der Waals surface area contributed by atoms with E-state index in [1.54, 1.807) is 6.92 Å². The molecule has 0 spiro atoms. The van der Waals surface area contributed by atoms with Gasteiger partial charge in [-0.05, 0) is 106 Å². The van der Waals surface area contributed by atoms with E-state index in [1.807, 2.05) is 13.0 Å². The number of hydrogen-bond donors (Lipinski definition) is 7. The van der Waals surface area contributed by atoms with E-state index in [0.29, 0.717) is 30.6 Å². The molecule has 20 atom stereocenters. The van der Waals surface area contributed by atoms with E-state index in [2.05, 4.69) is 13.8 Å². The van der Waals surface area contributed by atoms with Crippen molar-refractivity contribution in [1.82, 2.24) is 0 Å². The van der Waals surface area contributed by atoms with Crippen LogP contribution in [0.25, 0.3) is 0 Å². The molecule has 290 valence electrons. The van der Waals surface area contributed by atoms with Crippen molar-refractivity contribution in [3.8, 4) is 0 Å². The molecule has 16 unspecified atom stereocenters. The third-order valence-corrected chi connectivity index (χ3v) is 14.6. The Morgan fingerprint density at radius 3 is 2.10 bits per heavy atom. The largest absolute Gasteiger partial charge is 0.394 e. The van der Waals surface area contributed by atoms with Gasteiger partial charge in [0.15, 0.2) is 24.7 Å². The summed E-state index contributed by atoms with van der Waals surface area (Å²) in [6.45, 7) is 7.83. The molecule has 13 heteroatoms. The van der Waals surface area contributed by atoms with E-state index >= 15 is 0 Å². The minimum absolute atomic E-state index is 0.0268. The van der Waals surface area contributed by atoms with Gasteiger partial charge in [0.05, 0.1) is 24.9 Å². The molecule has 3 saturated carbocycles. The molecule has 6 fully saturated rings. The van der Waals surface area contributed by atoms with Crippen molar-refractivity contribution < 1.29 is 64.2 Å². The lowest BCUT2D eigenvalue weighted by Gasteiger charge is -2.57. The summed E-state index contributed by atoms with van der Waals surface area (Å²) >= 11 is 0. The summed E-state index contributed by atoms with van der Waals surface area (Å²) in [5, 5.41) is 71.5. The molecule has 13 nitrogen and oxygen atoms in total. The van der Waals surface area contributed by atoms with E-state index in [4.69, 9.17) is 23.7 Å². The molecule has 0 amide bonds. The summed E-state index contributed by atoms with van der Waals surface area (Å²) in [6, 6.07) is 0. The van der Waals surface area contributed by atoms with Crippen LogP contribution >= 0.6 is 0 Å². The van der Waals surface area contributed by atoms with Crippen LogP contribution in [-0.2, 0) is 28.5 Å². The predicted molar refractivity (Wildman–Crippen MR) is 179 cm³/mol. The van der Waals surface area contributed by atoms with Crippen LogP contribution in [0, 0.1) is 40.4 Å². The summed E-state index contributed by atoms with van der Waals surface area (Å²) in [6.07, 6.45) is -2.67. The highest BCUT2D eigenvalue weighted by molar-refractivity contribution is 5.94. The van der Waals surface area contributed by atoms with Crippen LogP contribution in [0.1, 0.15) is 91.9 Å². The minimum atomic E-state index is -1.51. The molecule has 0 radical (unpaired) electrons. The number of hydrogen-bond acceptors (Lipinski definition) is 13. The normalized spacial score (nSPS) is 54.6. The van der Waals surface area contributed by atoms with E-state index in [9.17, 15) is 40.5 Å². The lowest BCUT2D eigenvalue weighted by Crippen LogP contribution is -2.60. The summed E-state index contributed by atoms with van der Waals surface area (Å²) < 4.78 is 30.1. The highest BCUT2D eigenvalue weighted by Crippen LogP contribution is 2.66. The fourth-order valence-corrected chi connectivity index (χ4v) is 11.2. The molecule has 3 saturated heterocycles. The Hall–Kier alpha value is -1.07. The van der Waals surface area contributed by atoms with Gasteiger partial charge in [-0.3, -0.25) is 4.79 Å². The average Bonchev–Trinajstić information content (AvgIpc) is 3.44. The molecule has 0 bridgehead atoms. The molecule has 51 heavy (non-hydrogen) atoms. The summed E-state index contributed by atoms with van der Waals surface area (Å²) in [5.74, 6) is 1.00. The van der Waals surface area contributed by atoms with Crippen LogP contribution < -0.4 is 0 Å². The highest BCUT2D eigenvalue weighted by atomic mass is 16.8. The van der Waals surface area contributed by atoms with Crippen molar-refractivity contribution in [3.05, 3.63) is 11.6 Å². The van der Waals surface area contributed by atoms with E-state index in [1.165, 1.54) is 5.57 Å². The molecule has 0 aromatic heterocycles. The van der Waals surface area contributed by atoms with Crippen LogP contribution in [0.3, 0.4) is 0 Å². The quantitative estimate of drug-likeness (QED) is 0.198. The molecule has 3 heterocycles. The van der Waals surface area contributed by atoms with Crippen molar-refractivity contribution in [1.29, 1.82) is 0 Å². The number of allylic oxidation sites excluding steroid dienone is 2. The van der Waals surface area contributed by atoms with Gasteiger partial charge in [-0.1, -0.05) is 26.3 Å². The fourth-order valence-electron chi connectivity index (χ4n) is 11.2. The number of carbonyl (C=O) groups is 1. The second-order valence-electron chi connectivity index (χ2n) is 17.5. The van der Waals surface area contributed by atoms with Gasteiger partial charge in [-0.2, -0.15) is 0 Å². The second-order valence-corrected chi connectivity index (χ2v) is 17.5. The number of ketones is 1. The molecule has 0 aromatic carbocycles. The Labute approximate surface area is 300 Å². The maximum absolute atomic E-state index is 14.0. The zero-order chi connectivity index (χ0) is 36.6. The number of rotatable bonds is 7. The van der Waals surface area contributed by atoms with E-state index in [-0.39, 0.29) is 40.7 Å². The molecule has 7 rings (SSSR count). The Morgan fingerprint density at radius 1 is 0.706 bits per heavy atom. The Bertz CT molecular complexity index is 1290. The first-order valence-electron chi connectivity index (χ1n) is 19.4. The van der Waals surface area contributed by atoms with Gasteiger partial charge in [-0.15, -0.1) is 0 Å². The van der Waals surface area contributed by atoms with Crippen molar-refractivity contribution in [2.24, 2.45) is 40.4 Å². The van der Waals surface area contributed by atoms with Gasteiger partial charge in [0.25, 0.3) is 0 Å². The predicted octanol–water partition coefficient (Wildman–Crippen LogP) is 1.30. The lowest BCUT2D eigenvalue weighted by molar-refractivity contribution is -0.350. The maximum Gasteiger partial charge on any atom is 0.189 e. The third kappa shape index (κ3) is 6.69. The molecular formula is C38H60O13. The average molecular weight is 725 g/mol. The summed E-state index contributed by atoms with van der Waals surface area (Å²) in [4.78, 5) is 14.0. The molecule has 7 aliphatic rings. The van der Waals surface area contributed by atoms with Crippen LogP contribution in [0.2, 0.25) is 0 Å². The van der Waals surface area contributed by atoms with E-state index < -0.39 is 74.3 Å². The maximum atomic E-state index is 14.0. The lowest BCUT2D eigenvalue weighted by atomic mass is 9.47. The highest BCUT2D eigenvalue weighted by Gasteiger charge is 2.60. The van der Waals surface area contributed by atoms with Crippen LogP contribution in [-0.4, -0.2) is 128 Å². The van der Waals surface area contributed by atoms with Crippen LogP contribution in [0.4, 0.5) is 0 Å². The van der Waals surface area contributed by atoms with Crippen LogP contribution in [0.15, 0.2) is 11.6 Å². The topological polar surface area (TPSA) is 205 Å². The Morgan fingerprint density at radius 2 is 1.37 bits per heavy atom. The van der Waals surface area contributed by atoms with Gasteiger partial charge < -0.3 is 59.4 Å². The fraction of sp³-hybridized carbons (Fsp3) is 0.921. The number of ether oxygens (including phenoxy) is 5. The van der Waals surface area contributed by atoms with Crippen molar-refractivity contribution in [3.63, 3.8) is 0 Å². The van der Waals surface area contributed by atoms with Crippen molar-refractivity contribution in [2.45, 2.75) is 172 Å². The van der Waals surface area contributed by atoms with Crippen LogP contribution in [0.5, 0.6) is 0 Å². The molecule has 0 aromatic rings. The Balaban J connectivity index is 0.994. The number of fused-ring (bicyclic) bond motifs is 5. The van der Waals surface area contributed by atoms with Crippen molar-refractivity contribution in [2.75, 3.05) is 6.61 Å². The van der Waals surface area contributed by atoms with Gasteiger partial charge >= 0.3 is 0 Å². The zero-order valence-electron chi connectivity index (χ0n) is 30.3. The first-order chi connectivity index (χ1) is 24.2. The van der Waals surface area contributed by atoms with E-state index in [0.717, 1.165) is 51.4 Å². The van der Waals surface area contributed by atoms with Gasteiger partial charge in [-0.25, -0.2) is 0 Å². The Kier molecular flexibility index (Phi) is 10.9. The summed E-state index contributed by atoms with van der Waals surface area (Å²) in [7, 11) is 0. The molecule has 7 N–H and O–H groups in total. The van der Waals surface area contributed by atoms with Crippen molar-refractivity contribution >= 4 is 5.78 Å². The first kappa shape index (κ1) is 38.2. The molecule has 4 aliphatic carbocycles. The standard InChI is InChI=1S/C38H60O13/c1-17-5-7-20(48-34(17)51-35-32(45)30(43)28(41)18(2)47-35)13-19-6-8-23-22-15-26(40)25-14-21(9-11-38(25,4)24(22)10-12-37(19,23)3)49-36-33(46)31(44)29(42)27(16-39)50-36/h15,17-21,23-25,27-36,39,41-46H,5-14,16H2,1-4H3/t17-,18?,19?,20?,21+,23?,24?,25?,27?,28?,29?,30?,31?,32?,33?,34?,35?,36?,37-,38-/m1/s1. The third-order valence-electron chi connectivity index (χ3n) is 14.6. The first-order valence-corrected chi connectivity index (χ1v) is 19.4. The smallest absolute Gasteiger partial charge is 0.189 e. The molecule has 3 aliphatic heterocycles. The minimum Gasteiger partial charge on any atom is -0.394 e. The number of aliphatic hydroxyl groups is 7. The second kappa shape index (κ2) is 14.5. The van der Waals surface area contributed by atoms with Gasteiger partial charge in [0.1, 0.15) is 42.7 Å². The number of aliphatic hydroxyl groups excluding tert-OH is 7. The number of carbonyl (C=O) groups excluding carboxylic acids is 1.